The number of fused-ring (bicyclic) bond motifs is 1. The van der Waals surface area contributed by atoms with Gasteiger partial charge in [0.25, 0.3) is 11.8 Å². The standard InChI is InChI=1S/C54H42N2O2P2/c57-53(45-33-17-19-35-47(45)59(37-21-5-1-6-22-37)38-23-7-2-8-24-38)55-51-49-41-29-13-15-31-43(41)50(44-32-16-14-30-42(44)49)52(51)56-54(58)46-34-18-20-36-48(46)60(39-25-9-3-10-26-39)40-27-11-4-12-28-40/h1-36,49-52H,(H,55,57)(H,56,58)/t49?,50?,51-,52?/m1/s1. The lowest BCUT2D eigenvalue weighted by Crippen LogP contribution is -2.62. The molecule has 2 amide bonds. The van der Waals surface area contributed by atoms with E-state index in [1.807, 2.05) is 60.7 Å². The third-order valence-corrected chi connectivity index (χ3v) is 16.9. The van der Waals surface area contributed by atoms with Crippen LogP contribution in [0.4, 0.5) is 0 Å². The van der Waals surface area contributed by atoms with Crippen LogP contribution in [0.3, 0.4) is 0 Å². The third kappa shape index (κ3) is 6.97. The van der Waals surface area contributed by atoms with Crippen LogP contribution in [0.2, 0.25) is 0 Å². The molecule has 0 saturated heterocycles. The number of hydrogen-bond donors (Lipinski definition) is 2. The Morgan fingerprint density at radius 1 is 0.317 bits per heavy atom. The minimum atomic E-state index is -1.05. The molecule has 0 radical (unpaired) electrons. The maximum atomic E-state index is 15.1. The first-order valence-electron chi connectivity index (χ1n) is 20.4. The van der Waals surface area contributed by atoms with Crippen LogP contribution in [0.1, 0.15) is 54.8 Å². The number of carbonyl (C=O) groups is 2. The first-order chi connectivity index (χ1) is 29.7. The van der Waals surface area contributed by atoms with Crippen molar-refractivity contribution in [2.75, 3.05) is 0 Å². The van der Waals surface area contributed by atoms with Crippen molar-refractivity contribution in [1.82, 2.24) is 10.6 Å². The molecule has 3 aliphatic carbocycles. The molecule has 0 fully saturated rings. The number of amides is 2. The van der Waals surface area contributed by atoms with Gasteiger partial charge in [0.05, 0.1) is 12.1 Å². The lowest BCUT2D eigenvalue weighted by atomic mass is 9.59. The highest BCUT2D eigenvalue weighted by atomic mass is 31.1. The van der Waals surface area contributed by atoms with Crippen LogP contribution >= 0.6 is 15.8 Å². The average Bonchev–Trinajstić information content (AvgIpc) is 3.31. The van der Waals surface area contributed by atoms with Gasteiger partial charge in [-0.15, -0.1) is 0 Å². The van der Waals surface area contributed by atoms with Gasteiger partial charge in [0.2, 0.25) is 0 Å². The van der Waals surface area contributed by atoms with Gasteiger partial charge in [-0.05, 0) is 82.1 Å². The van der Waals surface area contributed by atoms with Crippen LogP contribution in [0.25, 0.3) is 0 Å². The first kappa shape index (κ1) is 37.8. The molecule has 0 aromatic heterocycles. The number of carbonyl (C=O) groups excluding carboxylic acids is 2. The van der Waals surface area contributed by atoms with E-state index in [1.54, 1.807) is 0 Å². The Labute approximate surface area is 353 Å². The lowest BCUT2D eigenvalue weighted by molar-refractivity contribution is 0.0859. The minimum Gasteiger partial charge on any atom is -0.346 e. The van der Waals surface area contributed by atoms with Crippen molar-refractivity contribution < 1.29 is 9.59 Å². The van der Waals surface area contributed by atoms with Crippen molar-refractivity contribution in [3.63, 3.8) is 0 Å². The van der Waals surface area contributed by atoms with Gasteiger partial charge in [-0.1, -0.05) is 206 Å². The van der Waals surface area contributed by atoms with Crippen LogP contribution in [0.15, 0.2) is 218 Å². The maximum Gasteiger partial charge on any atom is 0.252 e. The second-order valence-corrected chi connectivity index (χ2v) is 19.6. The fourth-order valence-electron chi connectivity index (χ4n) is 9.37. The van der Waals surface area contributed by atoms with Crippen LogP contribution in [-0.2, 0) is 0 Å². The van der Waals surface area contributed by atoms with Crippen molar-refractivity contribution in [2.45, 2.75) is 23.9 Å². The summed E-state index contributed by atoms with van der Waals surface area (Å²) in [5, 5.41) is 13.9. The van der Waals surface area contributed by atoms with Gasteiger partial charge < -0.3 is 10.6 Å². The van der Waals surface area contributed by atoms with Crippen molar-refractivity contribution in [1.29, 1.82) is 0 Å². The van der Waals surface area contributed by atoms with Crippen LogP contribution in [0.5, 0.6) is 0 Å². The molecule has 2 atom stereocenters. The average molecular weight is 813 g/mol. The fraction of sp³-hybridized carbons (Fsp3) is 0.0741. The number of hydrogen-bond acceptors (Lipinski definition) is 2. The molecule has 8 aromatic carbocycles. The lowest BCUT2D eigenvalue weighted by Gasteiger charge is -2.51. The molecule has 11 rings (SSSR count). The fourth-order valence-corrected chi connectivity index (χ4v) is 14.3. The smallest absolute Gasteiger partial charge is 0.252 e. The Hall–Kier alpha value is -6.44. The van der Waals surface area contributed by atoms with E-state index in [-0.39, 0.29) is 23.7 Å². The molecule has 4 nitrogen and oxygen atoms in total. The predicted molar refractivity (Wildman–Crippen MR) is 249 cm³/mol. The Bertz CT molecular complexity index is 2480. The van der Waals surface area contributed by atoms with Gasteiger partial charge in [-0.2, -0.15) is 0 Å². The Morgan fingerprint density at radius 2 is 0.567 bits per heavy atom. The van der Waals surface area contributed by atoms with E-state index < -0.39 is 27.9 Å². The van der Waals surface area contributed by atoms with E-state index in [2.05, 4.69) is 168 Å². The zero-order chi connectivity index (χ0) is 40.4. The van der Waals surface area contributed by atoms with E-state index in [0.717, 1.165) is 10.6 Å². The van der Waals surface area contributed by atoms with Gasteiger partial charge in [0, 0.05) is 23.0 Å². The molecule has 0 saturated carbocycles. The first-order valence-corrected chi connectivity index (χ1v) is 23.1. The highest BCUT2D eigenvalue weighted by Gasteiger charge is 2.51. The van der Waals surface area contributed by atoms with E-state index in [1.165, 1.54) is 43.5 Å². The molecule has 2 bridgehead atoms. The van der Waals surface area contributed by atoms with Gasteiger partial charge >= 0.3 is 0 Å². The molecule has 1 unspecified atom stereocenters. The topological polar surface area (TPSA) is 58.2 Å². The summed E-state index contributed by atoms with van der Waals surface area (Å²) in [4.78, 5) is 30.3. The Kier molecular flexibility index (Phi) is 10.5. The molecule has 290 valence electrons. The third-order valence-electron chi connectivity index (χ3n) is 11.9. The van der Waals surface area contributed by atoms with E-state index in [4.69, 9.17) is 0 Å². The molecule has 6 heteroatoms. The van der Waals surface area contributed by atoms with Crippen LogP contribution < -0.4 is 42.5 Å². The summed E-state index contributed by atoms with van der Waals surface area (Å²) < 4.78 is 0. The molecular formula is C54H42N2O2P2. The van der Waals surface area contributed by atoms with E-state index in [9.17, 15) is 0 Å². The largest absolute Gasteiger partial charge is 0.346 e. The minimum absolute atomic E-state index is 0.145. The summed E-state index contributed by atoms with van der Waals surface area (Å²) in [6.07, 6.45) is 0. The van der Waals surface area contributed by atoms with Crippen LogP contribution in [0, 0.1) is 0 Å². The maximum absolute atomic E-state index is 15.1. The predicted octanol–water partition coefficient (Wildman–Crippen LogP) is 8.39. The SMILES string of the molecule is O=C(NC1C2c3ccccc3C(c3ccccc32)[C@H]1NC(=O)c1ccccc1P(c1ccccc1)c1ccccc1)c1ccccc1P(c1ccccc1)c1ccccc1. The van der Waals surface area contributed by atoms with Crippen molar-refractivity contribution in [3.05, 3.63) is 252 Å². The molecule has 0 heterocycles. The second-order valence-electron chi connectivity index (χ2n) is 15.3. The molecule has 0 spiro atoms. The summed E-state index contributed by atoms with van der Waals surface area (Å²) in [7, 11) is -2.09. The van der Waals surface area contributed by atoms with Gasteiger partial charge in [0.15, 0.2) is 0 Å². The highest BCUT2D eigenvalue weighted by molar-refractivity contribution is 7.80. The summed E-state index contributed by atoms with van der Waals surface area (Å²) in [5.41, 5.74) is 6.06. The van der Waals surface area contributed by atoms with Crippen molar-refractivity contribution in [3.8, 4) is 0 Å². The number of benzene rings is 8. The van der Waals surface area contributed by atoms with Crippen LogP contribution in [-0.4, -0.2) is 23.9 Å². The Morgan fingerprint density at radius 3 is 0.867 bits per heavy atom. The van der Waals surface area contributed by atoms with Gasteiger partial charge in [0.1, 0.15) is 0 Å². The molecule has 8 aromatic rings. The van der Waals surface area contributed by atoms with E-state index >= 15 is 9.59 Å². The summed E-state index contributed by atoms with van der Waals surface area (Å²) >= 11 is 0. The van der Waals surface area contributed by atoms with Crippen molar-refractivity contribution in [2.24, 2.45) is 0 Å². The zero-order valence-corrected chi connectivity index (χ0v) is 34.6. The number of rotatable bonds is 10. The molecule has 2 N–H and O–H groups in total. The summed E-state index contributed by atoms with van der Waals surface area (Å²) in [6, 6.07) is 74.3. The summed E-state index contributed by atoms with van der Waals surface area (Å²) in [6.45, 7) is 0. The van der Waals surface area contributed by atoms with Crippen molar-refractivity contribution >= 4 is 59.5 Å². The second kappa shape index (κ2) is 16.7. The van der Waals surface area contributed by atoms with Gasteiger partial charge in [-0.25, -0.2) is 0 Å². The molecule has 3 aliphatic rings. The molecule has 0 aliphatic heterocycles. The molecular weight excluding hydrogens is 771 g/mol. The molecule has 60 heavy (non-hydrogen) atoms. The highest BCUT2D eigenvalue weighted by Crippen LogP contribution is 2.53. The zero-order valence-electron chi connectivity index (χ0n) is 32.8. The Balaban J connectivity index is 1.07. The monoisotopic (exact) mass is 812 g/mol. The quantitative estimate of drug-likeness (QED) is 0.137. The number of nitrogens with one attached hydrogen (secondary N) is 2. The van der Waals surface area contributed by atoms with E-state index in [0.29, 0.717) is 11.1 Å². The summed E-state index contributed by atoms with van der Waals surface area (Å²) in [5.74, 6) is -0.633. The normalized spacial score (nSPS) is 17.4. The van der Waals surface area contributed by atoms with Gasteiger partial charge in [-0.3, -0.25) is 9.59 Å².